The first kappa shape index (κ1) is 5.70. The van der Waals surface area contributed by atoms with Gasteiger partial charge in [0.25, 0.3) is 0 Å². The van der Waals surface area contributed by atoms with Gasteiger partial charge in [-0.15, -0.1) is 11.6 Å². The zero-order valence-corrected chi connectivity index (χ0v) is 5.10. The monoisotopic (exact) mass is 130 g/mol. The van der Waals surface area contributed by atoms with Crippen LogP contribution in [0.2, 0.25) is 0 Å². The Kier molecular flexibility index (Phi) is 1.59. The molecule has 0 aromatic heterocycles. The second kappa shape index (κ2) is 2.23. The molecular formula is C6H7ClO. The minimum Gasteiger partial charge on any atom is -0.508 e. The van der Waals surface area contributed by atoms with Crippen molar-refractivity contribution in [2.24, 2.45) is 0 Å². The van der Waals surface area contributed by atoms with Gasteiger partial charge in [0.05, 0.1) is 5.38 Å². The molecule has 0 saturated heterocycles. The molecule has 44 valence electrons. The fourth-order valence-corrected chi connectivity index (χ4v) is 0.745. The van der Waals surface area contributed by atoms with E-state index in [0.717, 1.165) is 6.42 Å². The molecule has 0 spiro atoms. The highest BCUT2D eigenvalue weighted by Gasteiger charge is 2.01. The number of alkyl halides is 1. The fourth-order valence-electron chi connectivity index (χ4n) is 0.583. The third-order valence-electron chi connectivity index (χ3n) is 1.03. The lowest BCUT2D eigenvalue weighted by atomic mass is 10.2. The van der Waals surface area contributed by atoms with Gasteiger partial charge in [0.2, 0.25) is 0 Å². The molecule has 0 amide bonds. The van der Waals surface area contributed by atoms with Crippen LogP contribution in [-0.4, -0.2) is 10.5 Å². The van der Waals surface area contributed by atoms with E-state index in [1.807, 2.05) is 0 Å². The summed E-state index contributed by atoms with van der Waals surface area (Å²) in [4.78, 5) is 0. The molecule has 0 radical (unpaired) electrons. The van der Waals surface area contributed by atoms with Gasteiger partial charge in [-0.25, -0.2) is 0 Å². The second-order valence-electron chi connectivity index (χ2n) is 1.74. The van der Waals surface area contributed by atoms with Crippen molar-refractivity contribution < 1.29 is 5.11 Å². The van der Waals surface area contributed by atoms with E-state index in [9.17, 15) is 0 Å². The summed E-state index contributed by atoms with van der Waals surface area (Å²) >= 11 is 5.64. The Morgan fingerprint density at radius 3 is 2.88 bits per heavy atom. The molecule has 1 rings (SSSR count). The molecule has 2 heteroatoms. The van der Waals surface area contributed by atoms with E-state index in [0.29, 0.717) is 5.76 Å². The maximum Gasteiger partial charge on any atom is 0.111 e. The maximum atomic E-state index is 8.74. The molecule has 1 aliphatic carbocycles. The van der Waals surface area contributed by atoms with Crippen LogP contribution in [0.25, 0.3) is 0 Å². The number of aliphatic hydroxyl groups excluding tert-OH is 1. The lowest BCUT2D eigenvalue weighted by Crippen LogP contribution is -1.95. The van der Waals surface area contributed by atoms with Crippen LogP contribution in [0.3, 0.4) is 0 Å². The van der Waals surface area contributed by atoms with Crippen molar-refractivity contribution in [3.8, 4) is 0 Å². The van der Waals surface area contributed by atoms with Crippen molar-refractivity contribution in [2.45, 2.75) is 11.8 Å². The van der Waals surface area contributed by atoms with E-state index in [1.54, 1.807) is 18.2 Å². The van der Waals surface area contributed by atoms with Crippen LogP contribution in [-0.2, 0) is 0 Å². The van der Waals surface area contributed by atoms with Gasteiger partial charge in [0, 0.05) is 0 Å². The standard InChI is InChI=1S/C6H7ClO/c7-5-1-3-6(8)4-2-5/h1,3-5,8H,2H2. The van der Waals surface area contributed by atoms with Crippen LogP contribution in [0.1, 0.15) is 6.42 Å². The summed E-state index contributed by atoms with van der Waals surface area (Å²) in [6.45, 7) is 0. The Balaban J connectivity index is 2.58. The fraction of sp³-hybridized carbons (Fsp3) is 0.333. The molecular weight excluding hydrogens is 124 g/mol. The molecule has 0 heterocycles. The van der Waals surface area contributed by atoms with Crippen molar-refractivity contribution in [1.82, 2.24) is 0 Å². The predicted octanol–water partition coefficient (Wildman–Crippen LogP) is 2.00. The average molecular weight is 131 g/mol. The lowest BCUT2D eigenvalue weighted by Gasteiger charge is -2.03. The molecule has 1 unspecified atom stereocenters. The van der Waals surface area contributed by atoms with Crippen molar-refractivity contribution in [3.63, 3.8) is 0 Å². The summed E-state index contributed by atoms with van der Waals surface area (Å²) in [5.41, 5.74) is 0. The Bertz CT molecular complexity index is 137. The van der Waals surface area contributed by atoms with E-state index in [-0.39, 0.29) is 5.38 Å². The number of halogens is 1. The summed E-state index contributed by atoms with van der Waals surface area (Å²) < 4.78 is 0. The van der Waals surface area contributed by atoms with E-state index in [2.05, 4.69) is 0 Å². The van der Waals surface area contributed by atoms with Gasteiger partial charge in [-0.05, 0) is 18.6 Å². The molecule has 8 heavy (non-hydrogen) atoms. The minimum absolute atomic E-state index is 0.0749. The van der Waals surface area contributed by atoms with E-state index < -0.39 is 0 Å². The van der Waals surface area contributed by atoms with Crippen LogP contribution in [0.4, 0.5) is 0 Å². The average Bonchev–Trinajstić information content (AvgIpc) is 1.77. The van der Waals surface area contributed by atoms with Gasteiger partial charge in [0.1, 0.15) is 5.76 Å². The lowest BCUT2D eigenvalue weighted by molar-refractivity contribution is 0.427. The largest absolute Gasteiger partial charge is 0.508 e. The van der Waals surface area contributed by atoms with Crippen LogP contribution in [0.5, 0.6) is 0 Å². The summed E-state index contributed by atoms with van der Waals surface area (Å²) in [6.07, 6.45) is 5.83. The molecule has 1 nitrogen and oxygen atoms in total. The first-order chi connectivity index (χ1) is 3.79. The first-order valence-corrected chi connectivity index (χ1v) is 2.94. The predicted molar refractivity (Wildman–Crippen MR) is 34.1 cm³/mol. The van der Waals surface area contributed by atoms with Gasteiger partial charge in [-0.2, -0.15) is 0 Å². The van der Waals surface area contributed by atoms with E-state index in [4.69, 9.17) is 16.7 Å². The van der Waals surface area contributed by atoms with Gasteiger partial charge < -0.3 is 5.11 Å². The molecule has 1 atom stereocenters. The molecule has 0 aliphatic heterocycles. The van der Waals surface area contributed by atoms with Gasteiger partial charge in [-0.1, -0.05) is 6.08 Å². The van der Waals surface area contributed by atoms with E-state index >= 15 is 0 Å². The Hall–Kier alpha value is -0.430. The maximum absolute atomic E-state index is 8.74. The second-order valence-corrected chi connectivity index (χ2v) is 2.30. The Morgan fingerprint density at radius 2 is 2.50 bits per heavy atom. The quantitative estimate of drug-likeness (QED) is 0.498. The van der Waals surface area contributed by atoms with Gasteiger partial charge in [0.15, 0.2) is 0 Å². The molecule has 0 aromatic carbocycles. The zero-order valence-electron chi connectivity index (χ0n) is 4.34. The molecule has 0 bridgehead atoms. The van der Waals surface area contributed by atoms with Crippen molar-refractivity contribution in [2.75, 3.05) is 0 Å². The summed E-state index contributed by atoms with van der Waals surface area (Å²) in [5, 5.41) is 8.82. The van der Waals surface area contributed by atoms with Crippen LogP contribution in [0, 0.1) is 0 Å². The first-order valence-electron chi connectivity index (χ1n) is 2.50. The van der Waals surface area contributed by atoms with Crippen LogP contribution >= 0.6 is 11.6 Å². The summed E-state index contributed by atoms with van der Waals surface area (Å²) in [5.74, 6) is 0.321. The normalized spacial score (nSPS) is 27.6. The smallest absolute Gasteiger partial charge is 0.111 e. The number of hydrogen-bond donors (Lipinski definition) is 1. The molecule has 0 fully saturated rings. The molecule has 0 aromatic rings. The number of allylic oxidation sites excluding steroid dienone is 3. The Morgan fingerprint density at radius 1 is 1.75 bits per heavy atom. The van der Waals surface area contributed by atoms with Crippen LogP contribution in [0.15, 0.2) is 24.0 Å². The van der Waals surface area contributed by atoms with Crippen molar-refractivity contribution >= 4 is 11.6 Å². The number of hydrogen-bond acceptors (Lipinski definition) is 1. The summed E-state index contributed by atoms with van der Waals surface area (Å²) in [7, 11) is 0. The molecule has 1 N–H and O–H groups in total. The van der Waals surface area contributed by atoms with E-state index in [1.165, 1.54) is 0 Å². The highest BCUT2D eigenvalue weighted by molar-refractivity contribution is 6.21. The Labute approximate surface area is 53.3 Å². The van der Waals surface area contributed by atoms with Gasteiger partial charge in [-0.3, -0.25) is 0 Å². The minimum atomic E-state index is 0.0749. The van der Waals surface area contributed by atoms with Crippen molar-refractivity contribution in [3.05, 3.63) is 24.0 Å². The van der Waals surface area contributed by atoms with Crippen molar-refractivity contribution in [1.29, 1.82) is 0 Å². The third-order valence-corrected chi connectivity index (χ3v) is 1.35. The zero-order chi connectivity index (χ0) is 5.98. The number of rotatable bonds is 0. The number of aliphatic hydroxyl groups is 1. The highest BCUT2D eigenvalue weighted by atomic mass is 35.5. The highest BCUT2D eigenvalue weighted by Crippen LogP contribution is 2.12. The molecule has 1 aliphatic rings. The third kappa shape index (κ3) is 1.27. The summed E-state index contributed by atoms with van der Waals surface area (Å²) in [6, 6.07) is 0. The van der Waals surface area contributed by atoms with Gasteiger partial charge >= 0.3 is 0 Å². The van der Waals surface area contributed by atoms with Crippen LogP contribution < -0.4 is 0 Å². The molecule has 0 saturated carbocycles. The topological polar surface area (TPSA) is 20.2 Å². The SMILES string of the molecule is OC1=CCC(Cl)C=C1.